The zero-order valence-corrected chi connectivity index (χ0v) is 4.52. The molecule has 0 aromatic heterocycles. The van der Waals surface area contributed by atoms with Gasteiger partial charge in [0.1, 0.15) is 0 Å². The average molecular weight is 98.1 g/mol. The van der Waals surface area contributed by atoms with E-state index in [1.807, 2.05) is 7.05 Å². The highest BCUT2D eigenvalue weighted by atomic mass is 15.5. The van der Waals surface area contributed by atoms with Crippen LogP contribution in [0, 0.1) is 0 Å². The Hall–Kier alpha value is -0.340. The maximum atomic E-state index is 3.13. The van der Waals surface area contributed by atoms with Gasteiger partial charge in [0.15, 0.2) is 0 Å². The summed E-state index contributed by atoms with van der Waals surface area (Å²) in [4.78, 5) is 0. The Bertz CT molecular complexity index is 78.1. The van der Waals surface area contributed by atoms with Crippen molar-refractivity contribution in [1.82, 2.24) is 10.4 Å². The molecule has 1 rings (SSSR count). The summed E-state index contributed by atoms with van der Waals surface area (Å²) in [6, 6.07) is 0. The van der Waals surface area contributed by atoms with Crippen molar-refractivity contribution in [3.8, 4) is 0 Å². The fourth-order valence-electron chi connectivity index (χ4n) is 0.589. The van der Waals surface area contributed by atoms with Crippen LogP contribution in [0.3, 0.4) is 0 Å². The van der Waals surface area contributed by atoms with E-state index in [9.17, 15) is 0 Å². The normalized spacial score (nSPS) is 23.0. The molecule has 40 valence electrons. The molecule has 0 spiro atoms. The van der Waals surface area contributed by atoms with Crippen molar-refractivity contribution in [3.05, 3.63) is 12.2 Å². The molecule has 2 heteroatoms. The molecule has 1 aliphatic heterocycles. The van der Waals surface area contributed by atoms with Crippen LogP contribution >= 0.6 is 0 Å². The van der Waals surface area contributed by atoms with Crippen molar-refractivity contribution in [2.24, 2.45) is 0 Å². The zero-order valence-electron chi connectivity index (χ0n) is 4.52. The predicted molar refractivity (Wildman–Crippen MR) is 29.8 cm³/mol. The summed E-state index contributed by atoms with van der Waals surface area (Å²) in [5.41, 5.74) is 3.13. The second kappa shape index (κ2) is 2.09. The molecule has 1 aliphatic rings. The number of nitrogens with one attached hydrogen (secondary N) is 1. The average Bonchev–Trinajstić information content (AvgIpc) is 1.69. The minimum Gasteiger partial charge on any atom is -0.251 e. The van der Waals surface area contributed by atoms with Crippen LogP contribution < -0.4 is 5.43 Å². The molecule has 1 N–H and O–H groups in total. The number of likely N-dealkylation sites (N-methyl/N-ethyl adjacent to an activating group) is 1. The second-order valence-corrected chi connectivity index (χ2v) is 1.71. The highest BCUT2D eigenvalue weighted by Gasteiger charge is 1.93. The monoisotopic (exact) mass is 98.1 g/mol. The fraction of sp³-hybridized carbons (Fsp3) is 0.600. The Morgan fingerprint density at radius 3 is 2.71 bits per heavy atom. The van der Waals surface area contributed by atoms with E-state index >= 15 is 0 Å². The van der Waals surface area contributed by atoms with Crippen molar-refractivity contribution in [2.45, 2.75) is 0 Å². The first-order valence-electron chi connectivity index (χ1n) is 2.49. The number of hydrogen-bond acceptors (Lipinski definition) is 2. The largest absolute Gasteiger partial charge is 0.251 e. The van der Waals surface area contributed by atoms with Crippen LogP contribution in [0.1, 0.15) is 0 Å². The van der Waals surface area contributed by atoms with Crippen molar-refractivity contribution in [2.75, 3.05) is 20.1 Å². The first-order chi connectivity index (χ1) is 3.39. The van der Waals surface area contributed by atoms with E-state index in [0.717, 1.165) is 13.1 Å². The molecule has 1 heterocycles. The molecule has 0 saturated heterocycles. The van der Waals surface area contributed by atoms with Crippen molar-refractivity contribution in [3.63, 3.8) is 0 Å². The zero-order chi connectivity index (χ0) is 5.11. The van der Waals surface area contributed by atoms with Crippen LogP contribution in [-0.2, 0) is 0 Å². The SMILES string of the molecule is CN1CC=CCN1. The Morgan fingerprint density at radius 1 is 1.57 bits per heavy atom. The summed E-state index contributed by atoms with van der Waals surface area (Å²) in [5, 5.41) is 2.06. The molecule has 7 heavy (non-hydrogen) atoms. The van der Waals surface area contributed by atoms with Gasteiger partial charge in [-0.05, 0) is 0 Å². The molecule has 0 bridgehead atoms. The van der Waals surface area contributed by atoms with Crippen LogP contribution in [0.4, 0.5) is 0 Å². The quantitative estimate of drug-likeness (QED) is 0.429. The summed E-state index contributed by atoms with van der Waals surface area (Å²) in [6.45, 7) is 2.01. The fourth-order valence-corrected chi connectivity index (χ4v) is 0.589. The third kappa shape index (κ3) is 1.29. The summed E-state index contributed by atoms with van der Waals surface area (Å²) in [5.74, 6) is 0. The van der Waals surface area contributed by atoms with Crippen LogP contribution in [0.25, 0.3) is 0 Å². The molecule has 0 amide bonds. The Balaban J connectivity index is 2.32. The summed E-state index contributed by atoms with van der Waals surface area (Å²) in [6.07, 6.45) is 4.27. The molecular formula is C5H10N2. The smallest absolute Gasteiger partial charge is 0.0309 e. The van der Waals surface area contributed by atoms with Gasteiger partial charge in [-0.3, -0.25) is 5.43 Å². The lowest BCUT2D eigenvalue weighted by molar-refractivity contribution is 0.264. The summed E-state index contributed by atoms with van der Waals surface area (Å²) < 4.78 is 0. The maximum absolute atomic E-state index is 3.13. The van der Waals surface area contributed by atoms with Crippen LogP contribution in [0.2, 0.25) is 0 Å². The number of rotatable bonds is 0. The lowest BCUT2D eigenvalue weighted by Crippen LogP contribution is -2.37. The van der Waals surface area contributed by atoms with E-state index < -0.39 is 0 Å². The molecule has 0 unspecified atom stereocenters. The van der Waals surface area contributed by atoms with Gasteiger partial charge >= 0.3 is 0 Å². The number of hydrazine groups is 1. The molecule has 0 saturated carbocycles. The Morgan fingerprint density at radius 2 is 2.43 bits per heavy atom. The summed E-state index contributed by atoms with van der Waals surface area (Å²) in [7, 11) is 2.03. The molecule has 0 atom stereocenters. The van der Waals surface area contributed by atoms with Crippen LogP contribution in [0.5, 0.6) is 0 Å². The van der Waals surface area contributed by atoms with Crippen molar-refractivity contribution >= 4 is 0 Å². The third-order valence-electron chi connectivity index (χ3n) is 1.02. The predicted octanol–water partition coefficient (Wildman–Crippen LogP) is -0.00740. The minimum absolute atomic E-state index is 0.983. The minimum atomic E-state index is 0.983. The van der Waals surface area contributed by atoms with E-state index in [4.69, 9.17) is 0 Å². The summed E-state index contributed by atoms with van der Waals surface area (Å²) >= 11 is 0. The van der Waals surface area contributed by atoms with Gasteiger partial charge in [-0.25, -0.2) is 5.01 Å². The lowest BCUT2D eigenvalue weighted by Gasteiger charge is -2.17. The van der Waals surface area contributed by atoms with Gasteiger partial charge in [0.25, 0.3) is 0 Å². The number of nitrogens with zero attached hydrogens (tertiary/aromatic N) is 1. The van der Waals surface area contributed by atoms with Gasteiger partial charge in [-0.2, -0.15) is 0 Å². The molecule has 0 aromatic carbocycles. The van der Waals surface area contributed by atoms with Gasteiger partial charge in [-0.1, -0.05) is 12.2 Å². The van der Waals surface area contributed by atoms with E-state index in [0.29, 0.717) is 0 Å². The van der Waals surface area contributed by atoms with Gasteiger partial charge in [0.05, 0.1) is 0 Å². The van der Waals surface area contributed by atoms with Gasteiger partial charge in [-0.15, -0.1) is 0 Å². The molecule has 0 aliphatic carbocycles. The molecular weight excluding hydrogens is 88.1 g/mol. The highest BCUT2D eigenvalue weighted by molar-refractivity contribution is 4.88. The van der Waals surface area contributed by atoms with Crippen molar-refractivity contribution in [1.29, 1.82) is 0 Å². The molecule has 0 aromatic rings. The topological polar surface area (TPSA) is 15.3 Å². The van der Waals surface area contributed by atoms with Crippen LogP contribution in [-0.4, -0.2) is 25.1 Å². The van der Waals surface area contributed by atoms with Gasteiger partial charge < -0.3 is 0 Å². The highest BCUT2D eigenvalue weighted by Crippen LogP contribution is 1.83. The first-order valence-corrected chi connectivity index (χ1v) is 2.49. The third-order valence-corrected chi connectivity index (χ3v) is 1.02. The Labute approximate surface area is 43.8 Å². The van der Waals surface area contributed by atoms with E-state index in [2.05, 4.69) is 22.6 Å². The molecule has 0 radical (unpaired) electrons. The number of hydrogen-bond donors (Lipinski definition) is 1. The molecule has 0 fully saturated rings. The second-order valence-electron chi connectivity index (χ2n) is 1.71. The van der Waals surface area contributed by atoms with E-state index in [-0.39, 0.29) is 0 Å². The lowest BCUT2D eigenvalue weighted by atomic mass is 10.4. The van der Waals surface area contributed by atoms with E-state index in [1.54, 1.807) is 0 Å². The molecule has 2 nitrogen and oxygen atoms in total. The Kier molecular flexibility index (Phi) is 1.44. The maximum Gasteiger partial charge on any atom is 0.0309 e. The van der Waals surface area contributed by atoms with Gasteiger partial charge in [0.2, 0.25) is 0 Å². The van der Waals surface area contributed by atoms with Crippen molar-refractivity contribution < 1.29 is 0 Å². The van der Waals surface area contributed by atoms with Crippen LogP contribution in [0.15, 0.2) is 12.2 Å². The first kappa shape index (κ1) is 4.81. The van der Waals surface area contributed by atoms with E-state index in [1.165, 1.54) is 0 Å². The standard InChI is InChI=1S/C5H10N2/c1-7-5-3-2-4-6-7/h2-3,6H,4-5H2,1H3. The van der Waals surface area contributed by atoms with Gasteiger partial charge in [0, 0.05) is 20.1 Å².